The molecule has 0 bridgehead atoms. The van der Waals surface area contributed by atoms with Crippen molar-refractivity contribution < 1.29 is 14.7 Å². The predicted octanol–water partition coefficient (Wildman–Crippen LogP) is 3.40. The smallest absolute Gasteiger partial charge is 0.308 e. The molecule has 4 nitrogen and oxygen atoms in total. The van der Waals surface area contributed by atoms with E-state index >= 15 is 0 Å². The van der Waals surface area contributed by atoms with Crippen molar-refractivity contribution in [1.82, 2.24) is 0 Å². The average Bonchev–Trinajstić information content (AvgIpc) is 2.50. The van der Waals surface area contributed by atoms with Crippen LogP contribution in [-0.4, -0.2) is 16.9 Å². The minimum Gasteiger partial charge on any atom is -0.426 e. The number of nitrogens with zero attached hydrogens (tertiary/aromatic N) is 1. The fraction of sp³-hybridized carbons (Fsp3) is 0.176. The van der Waals surface area contributed by atoms with Gasteiger partial charge in [0.05, 0.1) is 0 Å². The van der Waals surface area contributed by atoms with E-state index in [1.54, 1.807) is 6.07 Å². The first-order valence-electron chi connectivity index (χ1n) is 6.75. The van der Waals surface area contributed by atoms with E-state index in [2.05, 4.69) is 5.16 Å². The van der Waals surface area contributed by atoms with Crippen molar-refractivity contribution in [1.29, 1.82) is 0 Å². The van der Waals surface area contributed by atoms with Gasteiger partial charge in [0.1, 0.15) is 11.5 Å². The van der Waals surface area contributed by atoms with Crippen LogP contribution in [0.4, 0.5) is 0 Å². The van der Waals surface area contributed by atoms with Gasteiger partial charge in [0, 0.05) is 18.1 Å². The zero-order valence-corrected chi connectivity index (χ0v) is 12.0. The molecule has 0 heterocycles. The summed E-state index contributed by atoms with van der Waals surface area (Å²) in [6.07, 6.45) is 0.712. The quantitative estimate of drug-likeness (QED) is 0.307. The van der Waals surface area contributed by atoms with Crippen molar-refractivity contribution >= 4 is 11.7 Å². The second kappa shape index (κ2) is 6.70. The molecule has 0 aliphatic rings. The predicted molar refractivity (Wildman–Crippen MR) is 81.0 cm³/mol. The fourth-order valence-electron chi connectivity index (χ4n) is 2.18. The lowest BCUT2D eigenvalue weighted by molar-refractivity contribution is -0.131. The molecule has 0 unspecified atom stereocenters. The summed E-state index contributed by atoms with van der Waals surface area (Å²) in [6, 6.07) is 14.8. The number of carbonyl (C=O) groups is 1. The molecule has 0 amide bonds. The summed E-state index contributed by atoms with van der Waals surface area (Å²) >= 11 is 0. The molecule has 0 fully saturated rings. The van der Waals surface area contributed by atoms with Crippen LogP contribution in [0.1, 0.15) is 30.5 Å². The number of esters is 1. The van der Waals surface area contributed by atoms with E-state index in [0.717, 1.165) is 11.1 Å². The van der Waals surface area contributed by atoms with E-state index in [9.17, 15) is 10.0 Å². The third-order valence-corrected chi connectivity index (χ3v) is 3.13. The number of hydrogen-bond acceptors (Lipinski definition) is 4. The van der Waals surface area contributed by atoms with Gasteiger partial charge in [-0.3, -0.25) is 4.79 Å². The van der Waals surface area contributed by atoms with Gasteiger partial charge < -0.3 is 9.94 Å². The Morgan fingerprint density at radius 3 is 2.43 bits per heavy atom. The molecule has 108 valence electrons. The van der Waals surface area contributed by atoms with Crippen LogP contribution in [0.3, 0.4) is 0 Å². The molecule has 1 N–H and O–H groups in total. The second-order valence-corrected chi connectivity index (χ2v) is 4.56. The minimum atomic E-state index is -0.400. The Morgan fingerprint density at radius 1 is 1.14 bits per heavy atom. The van der Waals surface area contributed by atoms with Crippen LogP contribution >= 0.6 is 0 Å². The number of para-hydroxylation sites is 1. The van der Waals surface area contributed by atoms with Gasteiger partial charge in [-0.1, -0.05) is 54.5 Å². The Morgan fingerprint density at radius 2 is 1.86 bits per heavy atom. The Balaban J connectivity index is 2.59. The van der Waals surface area contributed by atoms with Gasteiger partial charge in [-0.25, -0.2) is 0 Å². The molecule has 0 aliphatic carbocycles. The molecule has 0 atom stereocenters. The zero-order valence-electron chi connectivity index (χ0n) is 12.0. The maximum atomic E-state index is 11.4. The van der Waals surface area contributed by atoms with Crippen LogP contribution < -0.4 is 4.74 Å². The molecule has 2 aromatic rings. The number of aryl methyl sites for hydroxylation is 1. The van der Waals surface area contributed by atoms with E-state index < -0.39 is 5.97 Å². The van der Waals surface area contributed by atoms with Gasteiger partial charge in [0.25, 0.3) is 0 Å². The fourth-order valence-corrected chi connectivity index (χ4v) is 2.18. The number of benzene rings is 2. The van der Waals surface area contributed by atoms with Crippen LogP contribution in [0.5, 0.6) is 5.75 Å². The summed E-state index contributed by atoms with van der Waals surface area (Å²) in [7, 11) is 0. The van der Waals surface area contributed by atoms with Gasteiger partial charge >= 0.3 is 5.97 Å². The summed E-state index contributed by atoms with van der Waals surface area (Å²) in [6.45, 7) is 3.33. The normalized spacial score (nSPS) is 11.2. The number of rotatable bonds is 4. The molecule has 0 saturated heterocycles. The minimum absolute atomic E-state index is 0.377. The first-order chi connectivity index (χ1) is 10.2. The molecule has 4 heteroatoms. The van der Waals surface area contributed by atoms with Crippen molar-refractivity contribution in [2.24, 2.45) is 5.16 Å². The molecule has 21 heavy (non-hydrogen) atoms. The molecule has 0 aliphatic heterocycles. The van der Waals surface area contributed by atoms with E-state index in [-0.39, 0.29) is 0 Å². The topological polar surface area (TPSA) is 58.9 Å². The lowest BCUT2D eigenvalue weighted by Gasteiger charge is -2.14. The highest BCUT2D eigenvalue weighted by molar-refractivity contribution is 6.14. The number of carbonyl (C=O) groups excluding carboxylic acids is 1. The summed E-state index contributed by atoms with van der Waals surface area (Å²) in [5.74, 6) is 0.0478. The van der Waals surface area contributed by atoms with Crippen LogP contribution in [-0.2, 0) is 11.2 Å². The first-order valence-corrected chi connectivity index (χ1v) is 6.75. The third-order valence-electron chi connectivity index (χ3n) is 3.13. The van der Waals surface area contributed by atoms with Crippen molar-refractivity contribution in [2.75, 3.05) is 0 Å². The average molecular weight is 283 g/mol. The largest absolute Gasteiger partial charge is 0.426 e. The molecule has 0 saturated carbocycles. The van der Waals surface area contributed by atoms with Crippen LogP contribution in [0, 0.1) is 0 Å². The highest BCUT2D eigenvalue weighted by Crippen LogP contribution is 2.27. The molecule has 0 aromatic heterocycles. The van der Waals surface area contributed by atoms with Gasteiger partial charge in [0.15, 0.2) is 0 Å². The summed E-state index contributed by atoms with van der Waals surface area (Å²) < 4.78 is 5.34. The Bertz CT molecular complexity index is 663. The Labute approximate surface area is 123 Å². The van der Waals surface area contributed by atoms with Gasteiger partial charge in [-0.15, -0.1) is 0 Å². The summed E-state index contributed by atoms with van der Waals surface area (Å²) in [5.41, 5.74) is 2.61. The van der Waals surface area contributed by atoms with Gasteiger partial charge in [-0.05, 0) is 18.1 Å². The van der Waals surface area contributed by atoms with Gasteiger partial charge in [-0.2, -0.15) is 0 Å². The lowest BCUT2D eigenvalue weighted by atomic mass is 9.98. The highest BCUT2D eigenvalue weighted by atomic mass is 16.5. The monoisotopic (exact) mass is 283 g/mol. The van der Waals surface area contributed by atoms with Crippen molar-refractivity contribution in [3.8, 4) is 5.75 Å². The standard InChI is InChI=1S/C17H17NO3/c1-3-13-10-7-11-15(17(13)21-12(2)19)16(18-20)14-8-5-4-6-9-14/h4-11,20H,3H2,1-2H3. The molecule has 2 rings (SSSR count). The maximum Gasteiger partial charge on any atom is 0.308 e. The number of oxime groups is 1. The van der Waals surface area contributed by atoms with E-state index in [0.29, 0.717) is 23.4 Å². The van der Waals surface area contributed by atoms with Crippen LogP contribution in [0.2, 0.25) is 0 Å². The molecular formula is C17H17NO3. The third kappa shape index (κ3) is 3.28. The second-order valence-electron chi connectivity index (χ2n) is 4.56. The lowest BCUT2D eigenvalue weighted by Crippen LogP contribution is -2.11. The van der Waals surface area contributed by atoms with Crippen LogP contribution in [0.15, 0.2) is 53.7 Å². The highest BCUT2D eigenvalue weighted by Gasteiger charge is 2.17. The van der Waals surface area contributed by atoms with Crippen molar-refractivity contribution in [3.05, 3.63) is 65.2 Å². The molecule has 0 radical (unpaired) electrons. The van der Waals surface area contributed by atoms with Gasteiger partial charge in [0.2, 0.25) is 0 Å². The molecule has 2 aromatic carbocycles. The molecule has 0 spiro atoms. The van der Waals surface area contributed by atoms with Crippen molar-refractivity contribution in [2.45, 2.75) is 20.3 Å². The number of hydrogen-bond donors (Lipinski definition) is 1. The summed E-state index contributed by atoms with van der Waals surface area (Å²) in [4.78, 5) is 11.4. The van der Waals surface area contributed by atoms with E-state index in [1.807, 2.05) is 49.4 Å². The Kier molecular flexibility index (Phi) is 4.72. The van der Waals surface area contributed by atoms with E-state index in [1.165, 1.54) is 6.92 Å². The molecular weight excluding hydrogens is 266 g/mol. The number of ether oxygens (including phenoxy) is 1. The van der Waals surface area contributed by atoms with Crippen LogP contribution in [0.25, 0.3) is 0 Å². The first kappa shape index (κ1) is 14.8. The maximum absolute atomic E-state index is 11.4. The zero-order chi connectivity index (χ0) is 15.2. The van der Waals surface area contributed by atoms with E-state index in [4.69, 9.17) is 4.74 Å². The summed E-state index contributed by atoms with van der Waals surface area (Å²) in [5, 5.41) is 12.8. The Hall–Kier alpha value is -2.62. The van der Waals surface area contributed by atoms with Crippen molar-refractivity contribution in [3.63, 3.8) is 0 Å². The SMILES string of the molecule is CCc1cccc(C(=NO)c2ccccc2)c1OC(C)=O.